The Bertz CT molecular complexity index is 936. The van der Waals surface area contributed by atoms with Crippen LogP contribution in [0, 0.1) is 0 Å². The first-order chi connectivity index (χ1) is 12.7. The van der Waals surface area contributed by atoms with E-state index in [-0.39, 0.29) is 24.2 Å². The Balaban J connectivity index is 1.58. The lowest BCUT2D eigenvalue weighted by atomic mass is 10.0. The first kappa shape index (κ1) is 16.5. The number of Topliss-reactive ketones (excluding diaryl/α,β-unsaturated/α-hetero) is 1. The minimum Gasteiger partial charge on any atom is -0.377 e. The van der Waals surface area contributed by atoms with E-state index in [1.165, 1.54) is 0 Å². The zero-order valence-electron chi connectivity index (χ0n) is 14.2. The molecule has 2 aromatic carbocycles. The number of benzene rings is 2. The molecule has 0 bridgehead atoms. The molecule has 0 radical (unpaired) electrons. The van der Waals surface area contributed by atoms with Gasteiger partial charge in [0.15, 0.2) is 5.78 Å². The molecule has 1 fully saturated rings. The van der Waals surface area contributed by atoms with E-state index >= 15 is 0 Å². The van der Waals surface area contributed by atoms with Crippen LogP contribution in [-0.2, 0) is 4.74 Å². The second kappa shape index (κ2) is 7.09. The van der Waals surface area contributed by atoms with E-state index in [1.54, 1.807) is 29.3 Å². The molecule has 0 aliphatic carbocycles. The number of aromatic amines is 1. The summed E-state index contributed by atoms with van der Waals surface area (Å²) in [5.41, 5.74) is 1.94. The van der Waals surface area contributed by atoms with E-state index in [0.29, 0.717) is 30.9 Å². The summed E-state index contributed by atoms with van der Waals surface area (Å²) < 4.78 is 5.54. The highest BCUT2D eigenvalue weighted by atomic mass is 16.5. The third-order valence-corrected chi connectivity index (χ3v) is 4.71. The topological polar surface area (TPSA) is 75.3 Å². The van der Waals surface area contributed by atoms with Crippen LogP contribution >= 0.6 is 0 Å². The Hall–Kier alpha value is -2.99. The van der Waals surface area contributed by atoms with Crippen molar-refractivity contribution in [3.63, 3.8) is 0 Å². The van der Waals surface area contributed by atoms with Gasteiger partial charge in [-0.3, -0.25) is 14.7 Å². The monoisotopic (exact) mass is 349 g/mol. The van der Waals surface area contributed by atoms with Crippen LogP contribution < -0.4 is 0 Å². The molecule has 26 heavy (non-hydrogen) atoms. The highest BCUT2D eigenvalue weighted by Gasteiger charge is 2.31. The minimum atomic E-state index is -0.276. The van der Waals surface area contributed by atoms with Crippen molar-refractivity contribution in [3.05, 3.63) is 65.9 Å². The number of hydrogen-bond donors (Lipinski definition) is 1. The van der Waals surface area contributed by atoms with Gasteiger partial charge in [-0.1, -0.05) is 42.5 Å². The summed E-state index contributed by atoms with van der Waals surface area (Å²) in [5, 5.41) is 7.81. The van der Waals surface area contributed by atoms with Gasteiger partial charge >= 0.3 is 0 Å². The Morgan fingerprint density at radius 2 is 2.00 bits per heavy atom. The number of rotatable bonds is 4. The number of amides is 1. The molecule has 6 nitrogen and oxygen atoms in total. The third kappa shape index (κ3) is 3.11. The summed E-state index contributed by atoms with van der Waals surface area (Å²) in [4.78, 5) is 27.5. The standard InChI is InChI=1S/C20H19N3O3/c24-18(14-5-2-1-3-6-14)11-16-13-26-10-9-23(16)20(25)17-8-4-7-15-12-21-22-19(15)17/h1-8,12,16H,9-11,13H2,(H,21,22)/t16-/m1/s1. The smallest absolute Gasteiger partial charge is 0.256 e. The molecular weight excluding hydrogens is 330 g/mol. The fourth-order valence-corrected chi connectivity index (χ4v) is 3.35. The number of fused-ring (bicyclic) bond motifs is 1. The summed E-state index contributed by atoms with van der Waals surface area (Å²) in [7, 11) is 0. The van der Waals surface area contributed by atoms with Crippen molar-refractivity contribution in [2.24, 2.45) is 0 Å². The van der Waals surface area contributed by atoms with Gasteiger partial charge in [-0.15, -0.1) is 0 Å². The molecule has 4 rings (SSSR count). The number of ether oxygens (including phenoxy) is 1. The molecule has 0 unspecified atom stereocenters. The second-order valence-electron chi connectivity index (χ2n) is 6.36. The van der Waals surface area contributed by atoms with Gasteiger partial charge in [0.25, 0.3) is 5.91 Å². The van der Waals surface area contributed by atoms with Crippen molar-refractivity contribution in [1.29, 1.82) is 0 Å². The zero-order valence-corrected chi connectivity index (χ0v) is 14.2. The maximum atomic E-state index is 13.2. The third-order valence-electron chi connectivity index (χ3n) is 4.71. The molecule has 2 heterocycles. The molecule has 3 aromatic rings. The van der Waals surface area contributed by atoms with Crippen molar-refractivity contribution in [2.45, 2.75) is 12.5 Å². The van der Waals surface area contributed by atoms with Gasteiger partial charge in [0.05, 0.1) is 36.5 Å². The summed E-state index contributed by atoms with van der Waals surface area (Å²) in [5.74, 6) is -0.0901. The fourth-order valence-electron chi connectivity index (χ4n) is 3.35. The van der Waals surface area contributed by atoms with Crippen LogP contribution in [0.5, 0.6) is 0 Å². The van der Waals surface area contributed by atoms with Gasteiger partial charge in [0, 0.05) is 23.9 Å². The van der Waals surface area contributed by atoms with E-state index in [0.717, 1.165) is 10.9 Å². The summed E-state index contributed by atoms with van der Waals surface area (Å²) in [6, 6.07) is 14.4. The van der Waals surface area contributed by atoms with Crippen molar-refractivity contribution in [3.8, 4) is 0 Å². The number of hydrogen-bond acceptors (Lipinski definition) is 4. The van der Waals surface area contributed by atoms with E-state index in [1.807, 2.05) is 30.3 Å². The lowest BCUT2D eigenvalue weighted by molar-refractivity contribution is -0.00271. The van der Waals surface area contributed by atoms with Crippen LogP contribution in [0.25, 0.3) is 10.9 Å². The Kier molecular flexibility index (Phi) is 4.50. The fraction of sp³-hybridized carbons (Fsp3) is 0.250. The highest BCUT2D eigenvalue weighted by Crippen LogP contribution is 2.21. The van der Waals surface area contributed by atoms with Gasteiger partial charge in [0.2, 0.25) is 0 Å². The van der Waals surface area contributed by atoms with Crippen molar-refractivity contribution < 1.29 is 14.3 Å². The molecule has 0 saturated carbocycles. The predicted octanol–water partition coefficient (Wildman–Crippen LogP) is 2.68. The summed E-state index contributed by atoms with van der Waals surface area (Å²) >= 11 is 0. The van der Waals surface area contributed by atoms with Gasteiger partial charge in [-0.05, 0) is 6.07 Å². The van der Waals surface area contributed by atoms with Gasteiger partial charge in [-0.2, -0.15) is 5.10 Å². The molecule has 0 spiro atoms. The average molecular weight is 349 g/mol. The number of nitrogens with zero attached hydrogens (tertiary/aromatic N) is 2. The maximum Gasteiger partial charge on any atom is 0.256 e. The normalized spacial score (nSPS) is 17.4. The number of carbonyl (C=O) groups excluding carboxylic acids is 2. The van der Waals surface area contributed by atoms with Gasteiger partial charge in [0.1, 0.15) is 0 Å². The number of H-pyrrole nitrogens is 1. The number of aromatic nitrogens is 2. The predicted molar refractivity (Wildman–Crippen MR) is 97.1 cm³/mol. The number of carbonyl (C=O) groups is 2. The average Bonchev–Trinajstić information content (AvgIpc) is 3.17. The second-order valence-corrected chi connectivity index (χ2v) is 6.36. The van der Waals surface area contributed by atoms with E-state index < -0.39 is 0 Å². The molecule has 1 aromatic heterocycles. The van der Waals surface area contributed by atoms with Gasteiger partial charge in [-0.25, -0.2) is 0 Å². The van der Waals surface area contributed by atoms with Crippen LogP contribution in [-0.4, -0.2) is 52.6 Å². The van der Waals surface area contributed by atoms with E-state index in [9.17, 15) is 9.59 Å². The largest absolute Gasteiger partial charge is 0.377 e. The van der Waals surface area contributed by atoms with Crippen molar-refractivity contribution in [2.75, 3.05) is 19.8 Å². The molecule has 1 N–H and O–H groups in total. The lowest BCUT2D eigenvalue weighted by Gasteiger charge is -2.35. The molecule has 1 atom stereocenters. The molecule has 1 aliphatic heterocycles. The molecule has 1 saturated heterocycles. The summed E-state index contributed by atoms with van der Waals surface area (Å²) in [6.07, 6.45) is 1.94. The van der Waals surface area contributed by atoms with Crippen molar-refractivity contribution >= 4 is 22.6 Å². The molecule has 1 amide bonds. The zero-order chi connectivity index (χ0) is 17.9. The van der Waals surface area contributed by atoms with Crippen molar-refractivity contribution in [1.82, 2.24) is 15.1 Å². The molecular formula is C20H19N3O3. The van der Waals surface area contributed by atoms with E-state index in [2.05, 4.69) is 10.2 Å². The number of morpholine rings is 1. The number of ketones is 1. The molecule has 132 valence electrons. The van der Waals surface area contributed by atoms with E-state index in [4.69, 9.17) is 4.74 Å². The molecule has 6 heteroatoms. The SMILES string of the molecule is O=C(C[C@@H]1COCCN1C(=O)c1cccc2cn[nH]c12)c1ccccc1. The van der Waals surface area contributed by atoms with Crippen LogP contribution in [0.15, 0.2) is 54.7 Å². The van der Waals surface area contributed by atoms with Gasteiger partial charge < -0.3 is 9.64 Å². The Morgan fingerprint density at radius 3 is 2.85 bits per heavy atom. The Morgan fingerprint density at radius 1 is 1.15 bits per heavy atom. The van der Waals surface area contributed by atoms with Crippen LogP contribution in [0.1, 0.15) is 27.1 Å². The van der Waals surface area contributed by atoms with Crippen LogP contribution in [0.3, 0.4) is 0 Å². The Labute approximate surface area is 150 Å². The lowest BCUT2D eigenvalue weighted by Crippen LogP contribution is -2.49. The first-order valence-electron chi connectivity index (χ1n) is 8.63. The number of para-hydroxylation sites is 1. The first-order valence-corrected chi connectivity index (χ1v) is 8.63. The quantitative estimate of drug-likeness (QED) is 0.735. The minimum absolute atomic E-state index is 0.0126. The van der Waals surface area contributed by atoms with Crippen LogP contribution in [0.2, 0.25) is 0 Å². The number of nitrogens with one attached hydrogen (secondary N) is 1. The summed E-state index contributed by atoms with van der Waals surface area (Å²) in [6.45, 7) is 1.31. The maximum absolute atomic E-state index is 13.2. The van der Waals surface area contributed by atoms with Crippen LogP contribution in [0.4, 0.5) is 0 Å². The molecule has 1 aliphatic rings. The highest BCUT2D eigenvalue weighted by molar-refractivity contribution is 6.06.